The molecule has 2 aromatic heterocycles. The lowest BCUT2D eigenvalue weighted by Gasteiger charge is -2.01. The second-order valence-electron chi connectivity index (χ2n) is 2.85. The second-order valence-corrected chi connectivity index (χ2v) is 2.85. The van der Waals surface area contributed by atoms with Gasteiger partial charge in [-0.3, -0.25) is 14.6 Å². The number of H-pyrrole nitrogens is 1. The average Bonchev–Trinajstić information content (AvgIpc) is 2.85. The Bertz CT molecular complexity index is 473. The van der Waals surface area contributed by atoms with Crippen molar-refractivity contribution >= 4 is 5.78 Å². The van der Waals surface area contributed by atoms with Gasteiger partial charge in [0.25, 0.3) is 5.78 Å². The van der Waals surface area contributed by atoms with E-state index in [-0.39, 0.29) is 11.6 Å². The Morgan fingerprint density at radius 2 is 2.40 bits per heavy atom. The summed E-state index contributed by atoms with van der Waals surface area (Å²) in [6.45, 7) is 0. The molecule has 78 valence electrons. The van der Waals surface area contributed by atoms with Crippen molar-refractivity contribution in [2.75, 3.05) is 7.11 Å². The Morgan fingerprint density at radius 1 is 1.60 bits per heavy atom. The fourth-order valence-corrected chi connectivity index (χ4v) is 1.25. The van der Waals surface area contributed by atoms with Crippen molar-refractivity contribution in [3.8, 4) is 5.75 Å². The SMILES string of the molecule is COc1cnn(C)c1C(=O)c1ncn[nH]1. The Morgan fingerprint density at radius 3 is 3.00 bits per heavy atom. The molecule has 2 aromatic rings. The van der Waals surface area contributed by atoms with E-state index in [0.29, 0.717) is 11.4 Å². The highest BCUT2D eigenvalue weighted by Crippen LogP contribution is 2.18. The molecule has 0 aromatic carbocycles. The minimum atomic E-state index is -0.302. The fourth-order valence-electron chi connectivity index (χ4n) is 1.25. The Balaban J connectivity index is 2.45. The summed E-state index contributed by atoms with van der Waals surface area (Å²) in [5, 5.41) is 10.0. The van der Waals surface area contributed by atoms with Gasteiger partial charge >= 0.3 is 0 Å². The molecule has 0 spiro atoms. The second kappa shape index (κ2) is 3.52. The van der Waals surface area contributed by atoms with Crippen molar-refractivity contribution in [1.29, 1.82) is 0 Å². The van der Waals surface area contributed by atoms with Crippen LogP contribution in [0.1, 0.15) is 16.3 Å². The number of hydrogen-bond acceptors (Lipinski definition) is 5. The van der Waals surface area contributed by atoms with Crippen LogP contribution < -0.4 is 4.74 Å². The van der Waals surface area contributed by atoms with Crippen LogP contribution in [-0.2, 0) is 7.05 Å². The third-order valence-corrected chi connectivity index (χ3v) is 1.97. The van der Waals surface area contributed by atoms with Crippen LogP contribution in [0, 0.1) is 0 Å². The van der Waals surface area contributed by atoms with Gasteiger partial charge in [-0.15, -0.1) is 0 Å². The number of aromatic amines is 1. The molecule has 0 aliphatic heterocycles. The van der Waals surface area contributed by atoms with Gasteiger partial charge in [0.1, 0.15) is 6.33 Å². The van der Waals surface area contributed by atoms with E-state index in [1.54, 1.807) is 7.05 Å². The number of rotatable bonds is 3. The molecule has 7 nitrogen and oxygen atoms in total. The monoisotopic (exact) mass is 207 g/mol. The standard InChI is InChI=1S/C8H9N5O2/c1-13-6(5(15-2)3-11-13)7(14)8-9-4-10-12-8/h3-4H,1-2H3,(H,9,10,12). The van der Waals surface area contributed by atoms with Crippen molar-refractivity contribution in [3.05, 3.63) is 24.0 Å². The minimum absolute atomic E-state index is 0.164. The van der Waals surface area contributed by atoms with Crippen LogP contribution in [-0.4, -0.2) is 37.9 Å². The molecule has 7 heteroatoms. The molecule has 1 N–H and O–H groups in total. The molecule has 0 atom stereocenters. The Hall–Kier alpha value is -2.18. The molecular weight excluding hydrogens is 198 g/mol. The van der Waals surface area contributed by atoms with Gasteiger partial charge in [0, 0.05) is 7.05 Å². The van der Waals surface area contributed by atoms with Crippen LogP contribution in [0.5, 0.6) is 5.75 Å². The number of ketones is 1. The summed E-state index contributed by atoms with van der Waals surface area (Å²) in [5.74, 6) is 0.278. The molecule has 0 aliphatic rings. The fraction of sp³-hybridized carbons (Fsp3) is 0.250. The molecule has 15 heavy (non-hydrogen) atoms. The molecule has 0 fully saturated rings. The van der Waals surface area contributed by atoms with E-state index in [0.717, 1.165) is 0 Å². The molecule has 2 heterocycles. The zero-order valence-corrected chi connectivity index (χ0v) is 8.26. The van der Waals surface area contributed by atoms with Gasteiger partial charge in [0.05, 0.1) is 13.3 Å². The summed E-state index contributed by atoms with van der Waals surface area (Å²) in [6, 6.07) is 0. The van der Waals surface area contributed by atoms with Crippen LogP contribution in [0.25, 0.3) is 0 Å². The summed E-state index contributed by atoms with van der Waals surface area (Å²) >= 11 is 0. The minimum Gasteiger partial charge on any atom is -0.493 e. The maximum absolute atomic E-state index is 11.9. The Labute approximate surface area is 85.1 Å². The number of carbonyl (C=O) groups is 1. The topological polar surface area (TPSA) is 85.7 Å². The van der Waals surface area contributed by atoms with E-state index in [1.807, 2.05) is 0 Å². The predicted molar refractivity (Wildman–Crippen MR) is 49.6 cm³/mol. The third-order valence-electron chi connectivity index (χ3n) is 1.97. The lowest BCUT2D eigenvalue weighted by molar-refractivity contribution is 0.101. The van der Waals surface area contributed by atoms with Crippen LogP contribution in [0.4, 0.5) is 0 Å². The van der Waals surface area contributed by atoms with Crippen molar-refractivity contribution in [3.63, 3.8) is 0 Å². The largest absolute Gasteiger partial charge is 0.493 e. The maximum atomic E-state index is 11.9. The summed E-state index contributed by atoms with van der Waals surface area (Å²) < 4.78 is 6.45. The van der Waals surface area contributed by atoms with E-state index in [4.69, 9.17) is 4.74 Å². The number of methoxy groups -OCH3 is 1. The lowest BCUT2D eigenvalue weighted by Crippen LogP contribution is -2.11. The van der Waals surface area contributed by atoms with E-state index < -0.39 is 0 Å². The van der Waals surface area contributed by atoms with E-state index in [9.17, 15) is 4.79 Å². The van der Waals surface area contributed by atoms with Crippen LogP contribution in [0.2, 0.25) is 0 Å². The maximum Gasteiger partial charge on any atom is 0.251 e. The van der Waals surface area contributed by atoms with Crippen LogP contribution in [0.15, 0.2) is 12.5 Å². The van der Waals surface area contributed by atoms with Gasteiger partial charge in [-0.25, -0.2) is 4.98 Å². The summed E-state index contributed by atoms with van der Waals surface area (Å²) in [6.07, 6.45) is 2.75. The number of hydrogen-bond donors (Lipinski definition) is 1. The number of carbonyl (C=O) groups excluding carboxylic acids is 1. The number of aryl methyl sites for hydroxylation is 1. The highest BCUT2D eigenvalue weighted by molar-refractivity contribution is 6.06. The zero-order valence-electron chi connectivity index (χ0n) is 8.26. The van der Waals surface area contributed by atoms with E-state index >= 15 is 0 Å². The number of aromatic nitrogens is 5. The summed E-state index contributed by atoms with van der Waals surface area (Å²) in [5.41, 5.74) is 0.342. The van der Waals surface area contributed by atoms with Gasteiger partial charge in [0.15, 0.2) is 17.3 Å². The van der Waals surface area contributed by atoms with Crippen LogP contribution in [0.3, 0.4) is 0 Å². The quantitative estimate of drug-likeness (QED) is 0.703. The van der Waals surface area contributed by atoms with Crippen LogP contribution >= 0.6 is 0 Å². The van der Waals surface area contributed by atoms with Crippen molar-refractivity contribution in [2.45, 2.75) is 0 Å². The first kappa shape index (κ1) is 9.38. The van der Waals surface area contributed by atoms with E-state index in [2.05, 4.69) is 20.3 Å². The van der Waals surface area contributed by atoms with E-state index in [1.165, 1.54) is 24.3 Å². The smallest absolute Gasteiger partial charge is 0.251 e. The number of ether oxygens (including phenoxy) is 1. The number of nitrogens with one attached hydrogen (secondary N) is 1. The molecule has 0 saturated carbocycles. The third kappa shape index (κ3) is 1.47. The van der Waals surface area contributed by atoms with Crippen molar-refractivity contribution < 1.29 is 9.53 Å². The first-order chi connectivity index (χ1) is 7.24. The molecule has 0 unspecified atom stereocenters. The molecular formula is C8H9N5O2. The normalized spacial score (nSPS) is 10.3. The van der Waals surface area contributed by atoms with Crippen molar-refractivity contribution in [2.24, 2.45) is 7.05 Å². The predicted octanol–water partition coefficient (Wildman–Crippen LogP) is -0.222. The van der Waals surface area contributed by atoms with Gasteiger partial charge in [0.2, 0.25) is 0 Å². The first-order valence-electron chi connectivity index (χ1n) is 4.20. The molecule has 0 radical (unpaired) electrons. The van der Waals surface area contributed by atoms with Gasteiger partial charge in [-0.2, -0.15) is 10.2 Å². The molecule has 2 rings (SSSR count). The zero-order chi connectivity index (χ0) is 10.8. The highest BCUT2D eigenvalue weighted by atomic mass is 16.5. The Kier molecular flexibility index (Phi) is 2.20. The van der Waals surface area contributed by atoms with Gasteiger partial charge in [-0.1, -0.05) is 0 Å². The number of nitrogens with zero attached hydrogens (tertiary/aromatic N) is 4. The first-order valence-corrected chi connectivity index (χ1v) is 4.20. The van der Waals surface area contributed by atoms with Crippen molar-refractivity contribution in [1.82, 2.24) is 25.0 Å². The lowest BCUT2D eigenvalue weighted by atomic mass is 10.2. The van der Waals surface area contributed by atoms with Gasteiger partial charge in [-0.05, 0) is 0 Å². The molecule has 0 bridgehead atoms. The van der Waals surface area contributed by atoms with Gasteiger partial charge < -0.3 is 4.74 Å². The molecule has 0 saturated heterocycles. The summed E-state index contributed by atoms with van der Waals surface area (Å²) in [7, 11) is 3.14. The highest BCUT2D eigenvalue weighted by Gasteiger charge is 2.21. The molecule has 0 amide bonds. The molecule has 0 aliphatic carbocycles. The summed E-state index contributed by atoms with van der Waals surface area (Å²) in [4.78, 5) is 15.7. The average molecular weight is 207 g/mol.